The van der Waals surface area contributed by atoms with Gasteiger partial charge in [0.25, 0.3) is 0 Å². The third kappa shape index (κ3) is 2.51. The average Bonchev–Trinajstić information content (AvgIpc) is 3.06. The van der Waals surface area contributed by atoms with Crippen LogP contribution in [0.15, 0.2) is 36.4 Å². The normalized spacial score (nSPS) is 31.4. The molecule has 2 bridgehead atoms. The van der Waals surface area contributed by atoms with Crippen molar-refractivity contribution in [2.24, 2.45) is 0 Å². The van der Waals surface area contributed by atoms with E-state index < -0.39 is 0 Å². The van der Waals surface area contributed by atoms with Crippen LogP contribution in [0.2, 0.25) is 0 Å². The van der Waals surface area contributed by atoms with E-state index in [-0.39, 0.29) is 10.8 Å². The van der Waals surface area contributed by atoms with Gasteiger partial charge in [-0.3, -0.25) is 0 Å². The number of hydrogen-bond donors (Lipinski definition) is 1. The van der Waals surface area contributed by atoms with Gasteiger partial charge >= 0.3 is 0 Å². The Labute approximate surface area is 170 Å². The van der Waals surface area contributed by atoms with Crippen LogP contribution in [0.3, 0.4) is 0 Å². The zero-order valence-electron chi connectivity index (χ0n) is 18.5. The van der Waals surface area contributed by atoms with Crippen LogP contribution in [0.5, 0.6) is 0 Å². The van der Waals surface area contributed by atoms with Crippen LogP contribution in [0.1, 0.15) is 95.9 Å². The maximum absolute atomic E-state index is 3.74. The minimum atomic E-state index is 0.252. The largest absolute Gasteiger partial charge is 0.356 e. The van der Waals surface area contributed by atoms with Gasteiger partial charge in [-0.25, -0.2) is 0 Å². The van der Waals surface area contributed by atoms with E-state index in [2.05, 4.69) is 83.3 Å². The molecule has 0 saturated heterocycles. The molecule has 0 radical (unpaired) electrons. The Balaban J connectivity index is 1.50. The molecule has 1 N–H and O–H groups in total. The summed E-state index contributed by atoms with van der Waals surface area (Å²) < 4.78 is 0. The Morgan fingerprint density at radius 3 is 1.71 bits per heavy atom. The number of benzene rings is 2. The monoisotopic (exact) mass is 373 g/mol. The minimum absolute atomic E-state index is 0.252. The average molecular weight is 374 g/mol. The molecule has 0 amide bonds. The molecule has 2 atom stereocenters. The molecule has 1 saturated carbocycles. The fourth-order valence-electron chi connectivity index (χ4n) is 6.53. The lowest BCUT2D eigenvalue weighted by atomic mass is 9.63. The fourth-order valence-corrected chi connectivity index (χ4v) is 6.53. The van der Waals surface area contributed by atoms with Crippen LogP contribution >= 0.6 is 0 Å². The molecular formula is C27H35N. The maximum Gasteiger partial charge on any atom is 0.0387 e. The van der Waals surface area contributed by atoms with Gasteiger partial charge in [-0.2, -0.15) is 0 Å². The Morgan fingerprint density at radius 2 is 1.07 bits per heavy atom. The molecule has 5 rings (SSSR count). The first-order valence-electron chi connectivity index (χ1n) is 11.1. The second kappa shape index (κ2) is 5.43. The molecule has 148 valence electrons. The summed E-state index contributed by atoms with van der Waals surface area (Å²) >= 11 is 0. The molecule has 0 spiro atoms. The van der Waals surface area contributed by atoms with Gasteiger partial charge in [0, 0.05) is 11.4 Å². The van der Waals surface area contributed by atoms with Crippen molar-refractivity contribution in [3.05, 3.63) is 58.7 Å². The molecular weight excluding hydrogens is 338 g/mol. The molecule has 1 heteroatoms. The summed E-state index contributed by atoms with van der Waals surface area (Å²) in [7, 11) is 0. The van der Waals surface area contributed by atoms with Crippen LogP contribution in [0.4, 0.5) is 11.4 Å². The van der Waals surface area contributed by atoms with Gasteiger partial charge in [0.15, 0.2) is 0 Å². The number of fused-ring (bicyclic) bond motifs is 6. The molecule has 1 fully saturated rings. The second-order valence-electron chi connectivity index (χ2n) is 11.7. The lowest BCUT2D eigenvalue weighted by Crippen LogP contribution is -2.33. The van der Waals surface area contributed by atoms with Crippen LogP contribution in [0, 0.1) is 0 Å². The van der Waals surface area contributed by atoms with Gasteiger partial charge in [0.05, 0.1) is 0 Å². The zero-order valence-corrected chi connectivity index (χ0v) is 18.5. The van der Waals surface area contributed by atoms with E-state index in [1.54, 1.807) is 11.1 Å². The summed E-state index contributed by atoms with van der Waals surface area (Å²) in [5.41, 5.74) is 10.0. The molecule has 2 aromatic carbocycles. The third-order valence-corrected chi connectivity index (χ3v) is 8.47. The van der Waals surface area contributed by atoms with Gasteiger partial charge in [-0.15, -0.1) is 0 Å². The highest BCUT2D eigenvalue weighted by Gasteiger charge is 2.52. The first kappa shape index (κ1) is 18.3. The second-order valence-corrected chi connectivity index (χ2v) is 11.7. The van der Waals surface area contributed by atoms with Gasteiger partial charge < -0.3 is 5.32 Å². The van der Waals surface area contributed by atoms with E-state index in [1.807, 2.05) is 0 Å². The summed E-state index contributed by atoms with van der Waals surface area (Å²) in [5, 5.41) is 3.74. The lowest BCUT2D eigenvalue weighted by Gasteiger charge is -2.42. The van der Waals surface area contributed by atoms with E-state index in [9.17, 15) is 0 Å². The van der Waals surface area contributed by atoms with Crippen molar-refractivity contribution >= 4 is 11.4 Å². The highest BCUT2D eigenvalue weighted by atomic mass is 14.9. The lowest BCUT2D eigenvalue weighted by molar-refractivity contribution is 0.332. The van der Waals surface area contributed by atoms with E-state index >= 15 is 0 Å². The van der Waals surface area contributed by atoms with Gasteiger partial charge in [-0.1, -0.05) is 53.7 Å². The van der Waals surface area contributed by atoms with E-state index in [4.69, 9.17) is 0 Å². The summed E-state index contributed by atoms with van der Waals surface area (Å²) in [6.07, 6.45) is 6.52. The van der Waals surface area contributed by atoms with Crippen molar-refractivity contribution in [3.8, 4) is 0 Å². The first-order chi connectivity index (χ1) is 13.0. The molecule has 0 aliphatic heterocycles. The fraction of sp³-hybridized carbons (Fsp3) is 0.556. The van der Waals surface area contributed by atoms with E-state index in [1.165, 1.54) is 54.6 Å². The first-order valence-corrected chi connectivity index (χ1v) is 11.1. The van der Waals surface area contributed by atoms with Gasteiger partial charge in [0.1, 0.15) is 0 Å². The number of nitrogens with one attached hydrogen (secondary N) is 1. The van der Waals surface area contributed by atoms with Crippen molar-refractivity contribution in [1.82, 2.24) is 0 Å². The molecule has 3 aliphatic rings. The van der Waals surface area contributed by atoms with Gasteiger partial charge in [-0.05, 0) is 100 Å². The highest BCUT2D eigenvalue weighted by Crippen LogP contribution is 2.60. The van der Waals surface area contributed by atoms with Crippen molar-refractivity contribution in [3.63, 3.8) is 0 Å². The molecule has 1 nitrogen and oxygen atoms in total. The Kier molecular flexibility index (Phi) is 3.55. The molecule has 2 aromatic rings. The Hall–Kier alpha value is -1.76. The van der Waals surface area contributed by atoms with Crippen molar-refractivity contribution in [1.29, 1.82) is 0 Å². The van der Waals surface area contributed by atoms with Gasteiger partial charge in [0.2, 0.25) is 0 Å². The van der Waals surface area contributed by atoms with Crippen molar-refractivity contribution < 1.29 is 0 Å². The molecule has 2 unspecified atom stereocenters. The van der Waals surface area contributed by atoms with Crippen LogP contribution in [-0.2, 0) is 21.7 Å². The smallest absolute Gasteiger partial charge is 0.0387 e. The predicted molar refractivity (Wildman–Crippen MR) is 120 cm³/mol. The summed E-state index contributed by atoms with van der Waals surface area (Å²) in [6.45, 7) is 14.5. The van der Waals surface area contributed by atoms with Crippen molar-refractivity contribution in [2.75, 3.05) is 5.32 Å². The van der Waals surface area contributed by atoms with E-state index in [0.717, 1.165) is 0 Å². The van der Waals surface area contributed by atoms with Crippen LogP contribution in [0.25, 0.3) is 0 Å². The zero-order chi connectivity index (χ0) is 19.9. The number of anilines is 2. The van der Waals surface area contributed by atoms with Crippen molar-refractivity contribution in [2.45, 2.75) is 95.3 Å². The van der Waals surface area contributed by atoms with Crippen LogP contribution < -0.4 is 5.32 Å². The summed E-state index contributed by atoms with van der Waals surface area (Å²) in [4.78, 5) is 0. The molecule has 0 aromatic heterocycles. The van der Waals surface area contributed by atoms with Crippen LogP contribution in [-0.4, -0.2) is 0 Å². The molecule has 28 heavy (non-hydrogen) atoms. The SMILES string of the molecule is CC1(C)CCC(C)(C)c2cc(Nc3ccc4c(c3)C3(C)CCC4(C)C3)ccc21. The standard InChI is InChI=1S/C27H35N/c1-24(2)11-12-25(3,4)22-15-18(7-9-20(22)24)28-19-8-10-21-23(16-19)27(6)14-13-26(21,5)17-27/h7-10,15-16,28H,11-14,17H2,1-6H3. The Bertz CT molecular complexity index is 966. The molecule has 0 heterocycles. The highest BCUT2D eigenvalue weighted by molar-refractivity contribution is 5.66. The third-order valence-electron chi connectivity index (χ3n) is 8.47. The quantitative estimate of drug-likeness (QED) is 0.575. The maximum atomic E-state index is 3.74. The van der Waals surface area contributed by atoms with E-state index in [0.29, 0.717) is 10.8 Å². The Morgan fingerprint density at radius 1 is 0.571 bits per heavy atom. The predicted octanol–water partition coefficient (Wildman–Crippen LogP) is 7.49. The number of rotatable bonds is 2. The topological polar surface area (TPSA) is 12.0 Å². The summed E-state index contributed by atoms with van der Waals surface area (Å²) in [6, 6.07) is 14.2. The summed E-state index contributed by atoms with van der Waals surface area (Å²) in [5.74, 6) is 0. The minimum Gasteiger partial charge on any atom is -0.356 e. The molecule has 3 aliphatic carbocycles. The number of hydrogen-bond acceptors (Lipinski definition) is 1.